The SMILES string of the molecule is CC(C)c1sc(C(=O)Nc2cccc(F)n2)cc1Cl. The molecule has 0 spiro atoms. The number of carbonyl (C=O) groups excluding carboxylic acids is 1. The van der Waals surface area contributed by atoms with Crippen LogP contribution in [0.5, 0.6) is 0 Å². The molecule has 2 rings (SSSR count). The Bertz CT molecular complexity index is 612. The molecule has 100 valence electrons. The molecular formula is C13H12ClFN2OS. The third-order valence-corrected chi connectivity index (χ3v) is 4.28. The number of pyridine rings is 1. The van der Waals surface area contributed by atoms with Crippen molar-refractivity contribution in [3.63, 3.8) is 0 Å². The topological polar surface area (TPSA) is 42.0 Å². The summed E-state index contributed by atoms with van der Waals surface area (Å²) in [5.74, 6) is -0.534. The molecule has 0 fully saturated rings. The lowest BCUT2D eigenvalue weighted by Crippen LogP contribution is -2.11. The van der Waals surface area contributed by atoms with E-state index in [2.05, 4.69) is 10.3 Å². The minimum Gasteiger partial charge on any atom is -0.306 e. The lowest BCUT2D eigenvalue weighted by molar-refractivity contribution is 0.103. The smallest absolute Gasteiger partial charge is 0.266 e. The van der Waals surface area contributed by atoms with Crippen LogP contribution >= 0.6 is 22.9 Å². The van der Waals surface area contributed by atoms with E-state index in [0.717, 1.165) is 4.88 Å². The van der Waals surface area contributed by atoms with E-state index in [1.165, 1.54) is 29.5 Å². The lowest BCUT2D eigenvalue weighted by atomic mass is 10.2. The Morgan fingerprint density at radius 3 is 2.79 bits per heavy atom. The number of anilines is 1. The number of thiophene rings is 1. The number of aromatic nitrogens is 1. The van der Waals surface area contributed by atoms with Crippen molar-refractivity contribution in [1.82, 2.24) is 4.98 Å². The van der Waals surface area contributed by atoms with Crippen LogP contribution in [0.3, 0.4) is 0 Å². The average Bonchev–Trinajstić information content (AvgIpc) is 2.71. The molecule has 0 saturated carbocycles. The zero-order chi connectivity index (χ0) is 14.0. The first-order valence-corrected chi connectivity index (χ1v) is 6.90. The minimum absolute atomic E-state index is 0.181. The number of carbonyl (C=O) groups is 1. The van der Waals surface area contributed by atoms with Crippen LogP contribution in [0, 0.1) is 5.95 Å². The second kappa shape index (κ2) is 5.67. The molecule has 0 saturated heterocycles. The minimum atomic E-state index is -0.634. The monoisotopic (exact) mass is 298 g/mol. The second-order valence-electron chi connectivity index (χ2n) is 4.28. The van der Waals surface area contributed by atoms with Crippen LogP contribution in [0.25, 0.3) is 0 Å². The van der Waals surface area contributed by atoms with Gasteiger partial charge in [0.1, 0.15) is 5.82 Å². The van der Waals surface area contributed by atoms with Gasteiger partial charge in [0.25, 0.3) is 5.91 Å². The van der Waals surface area contributed by atoms with E-state index in [1.807, 2.05) is 13.8 Å². The van der Waals surface area contributed by atoms with Crippen LogP contribution in [0.4, 0.5) is 10.2 Å². The van der Waals surface area contributed by atoms with Crippen LogP contribution in [0.2, 0.25) is 5.02 Å². The van der Waals surface area contributed by atoms with Crippen molar-refractivity contribution in [2.75, 3.05) is 5.32 Å². The Morgan fingerprint density at radius 1 is 1.47 bits per heavy atom. The van der Waals surface area contributed by atoms with Crippen molar-refractivity contribution in [1.29, 1.82) is 0 Å². The van der Waals surface area contributed by atoms with Crippen LogP contribution in [-0.4, -0.2) is 10.9 Å². The molecular weight excluding hydrogens is 287 g/mol. The quantitative estimate of drug-likeness (QED) is 0.858. The molecule has 0 radical (unpaired) electrons. The number of nitrogens with one attached hydrogen (secondary N) is 1. The molecule has 2 heterocycles. The second-order valence-corrected chi connectivity index (χ2v) is 5.77. The predicted octanol–water partition coefficient (Wildman–Crippen LogP) is 4.31. The van der Waals surface area contributed by atoms with E-state index in [0.29, 0.717) is 9.90 Å². The van der Waals surface area contributed by atoms with Gasteiger partial charge < -0.3 is 5.32 Å². The van der Waals surface area contributed by atoms with Crippen molar-refractivity contribution in [3.05, 3.63) is 45.0 Å². The van der Waals surface area contributed by atoms with Crippen LogP contribution in [0.15, 0.2) is 24.3 Å². The summed E-state index contributed by atoms with van der Waals surface area (Å²) in [7, 11) is 0. The van der Waals surface area contributed by atoms with E-state index in [4.69, 9.17) is 11.6 Å². The van der Waals surface area contributed by atoms with Gasteiger partial charge in [0.15, 0.2) is 0 Å². The molecule has 19 heavy (non-hydrogen) atoms. The van der Waals surface area contributed by atoms with Crippen molar-refractivity contribution in [3.8, 4) is 0 Å². The first kappa shape index (κ1) is 14.0. The van der Waals surface area contributed by atoms with Gasteiger partial charge in [-0.05, 0) is 24.1 Å². The fraction of sp³-hybridized carbons (Fsp3) is 0.231. The van der Waals surface area contributed by atoms with Crippen LogP contribution in [0.1, 0.15) is 34.3 Å². The molecule has 0 unspecified atom stereocenters. The number of hydrogen-bond donors (Lipinski definition) is 1. The molecule has 0 aliphatic heterocycles. The van der Waals surface area contributed by atoms with Gasteiger partial charge in [-0.25, -0.2) is 4.98 Å². The highest BCUT2D eigenvalue weighted by atomic mass is 35.5. The molecule has 2 aromatic heterocycles. The largest absolute Gasteiger partial charge is 0.306 e. The molecule has 1 amide bonds. The predicted molar refractivity (Wildman–Crippen MR) is 75.6 cm³/mol. The zero-order valence-corrected chi connectivity index (χ0v) is 12.0. The summed E-state index contributed by atoms with van der Waals surface area (Å²) in [6.45, 7) is 4.01. The van der Waals surface area contributed by atoms with Gasteiger partial charge in [0.05, 0.1) is 9.90 Å². The van der Waals surface area contributed by atoms with E-state index < -0.39 is 5.95 Å². The fourth-order valence-electron chi connectivity index (χ4n) is 1.54. The molecule has 0 atom stereocenters. The first-order valence-electron chi connectivity index (χ1n) is 5.70. The van der Waals surface area contributed by atoms with Crippen molar-refractivity contribution >= 4 is 34.7 Å². The van der Waals surface area contributed by atoms with Gasteiger partial charge in [0.2, 0.25) is 5.95 Å². The van der Waals surface area contributed by atoms with Gasteiger partial charge in [-0.3, -0.25) is 4.79 Å². The maximum atomic E-state index is 12.9. The van der Waals surface area contributed by atoms with E-state index >= 15 is 0 Å². The number of rotatable bonds is 3. The Labute approximate surface area is 119 Å². The maximum absolute atomic E-state index is 12.9. The molecule has 0 aliphatic carbocycles. The summed E-state index contributed by atoms with van der Waals surface area (Å²) in [4.78, 5) is 17.0. The molecule has 0 aromatic carbocycles. The molecule has 0 aliphatic rings. The summed E-state index contributed by atoms with van der Waals surface area (Å²) in [5, 5.41) is 3.12. The first-order chi connectivity index (χ1) is 8.97. The number of amides is 1. The van der Waals surface area contributed by atoms with Gasteiger partial charge in [-0.2, -0.15) is 4.39 Å². The van der Waals surface area contributed by atoms with Crippen molar-refractivity contribution in [2.24, 2.45) is 0 Å². The van der Waals surface area contributed by atoms with Crippen LogP contribution < -0.4 is 5.32 Å². The maximum Gasteiger partial charge on any atom is 0.266 e. The standard InChI is InChI=1S/C13H12ClFN2OS/c1-7(2)12-8(14)6-9(19-12)13(18)17-11-5-3-4-10(15)16-11/h3-7H,1-2H3,(H,16,17,18). The van der Waals surface area contributed by atoms with E-state index in [9.17, 15) is 9.18 Å². The molecule has 0 bridgehead atoms. The summed E-state index contributed by atoms with van der Waals surface area (Å²) in [6.07, 6.45) is 0. The van der Waals surface area contributed by atoms with Gasteiger partial charge in [-0.15, -0.1) is 11.3 Å². The third-order valence-electron chi connectivity index (χ3n) is 2.42. The third kappa shape index (κ3) is 3.30. The summed E-state index contributed by atoms with van der Waals surface area (Å²) in [5.41, 5.74) is 0. The Balaban J connectivity index is 2.18. The van der Waals surface area contributed by atoms with Crippen molar-refractivity contribution < 1.29 is 9.18 Å². The highest BCUT2D eigenvalue weighted by molar-refractivity contribution is 7.14. The Kier molecular flexibility index (Phi) is 4.17. The number of nitrogens with zero attached hydrogens (tertiary/aromatic N) is 1. The fourth-order valence-corrected chi connectivity index (χ4v) is 3.00. The average molecular weight is 299 g/mol. The normalized spacial score (nSPS) is 10.8. The van der Waals surface area contributed by atoms with Gasteiger partial charge in [-0.1, -0.05) is 31.5 Å². The van der Waals surface area contributed by atoms with Crippen LogP contribution in [-0.2, 0) is 0 Å². The van der Waals surface area contributed by atoms with E-state index in [1.54, 1.807) is 6.07 Å². The summed E-state index contributed by atoms with van der Waals surface area (Å²) < 4.78 is 12.9. The Hall–Kier alpha value is -1.46. The number of hydrogen-bond acceptors (Lipinski definition) is 3. The summed E-state index contributed by atoms with van der Waals surface area (Å²) in [6, 6.07) is 5.85. The molecule has 1 N–H and O–H groups in total. The zero-order valence-electron chi connectivity index (χ0n) is 10.4. The highest BCUT2D eigenvalue weighted by Gasteiger charge is 2.16. The lowest BCUT2D eigenvalue weighted by Gasteiger charge is -2.02. The van der Waals surface area contributed by atoms with Gasteiger partial charge >= 0.3 is 0 Å². The highest BCUT2D eigenvalue weighted by Crippen LogP contribution is 2.33. The van der Waals surface area contributed by atoms with Gasteiger partial charge in [0, 0.05) is 4.88 Å². The summed E-state index contributed by atoms with van der Waals surface area (Å²) >= 11 is 7.40. The molecule has 3 nitrogen and oxygen atoms in total. The molecule has 6 heteroatoms. The Morgan fingerprint density at radius 2 is 2.21 bits per heavy atom. The van der Waals surface area contributed by atoms with E-state index in [-0.39, 0.29) is 17.6 Å². The number of halogens is 2. The van der Waals surface area contributed by atoms with Crippen molar-refractivity contribution in [2.45, 2.75) is 19.8 Å². The molecule has 2 aromatic rings.